The molecule has 0 spiro atoms. The van der Waals surface area contributed by atoms with Gasteiger partial charge in [0.2, 0.25) is 5.95 Å². The van der Waals surface area contributed by atoms with Crippen LogP contribution in [0.3, 0.4) is 0 Å². The van der Waals surface area contributed by atoms with Crippen LogP contribution >= 0.6 is 11.6 Å². The van der Waals surface area contributed by atoms with Gasteiger partial charge in [0, 0.05) is 37.6 Å². The van der Waals surface area contributed by atoms with Crippen molar-refractivity contribution in [2.24, 2.45) is 0 Å². The van der Waals surface area contributed by atoms with Crippen LogP contribution in [0, 0.1) is 0 Å². The molecule has 0 aliphatic carbocycles. The van der Waals surface area contributed by atoms with Gasteiger partial charge in [-0.25, -0.2) is 4.98 Å². The van der Waals surface area contributed by atoms with Crippen molar-refractivity contribution in [3.05, 3.63) is 35.5 Å². The van der Waals surface area contributed by atoms with E-state index in [9.17, 15) is 0 Å². The van der Waals surface area contributed by atoms with Crippen molar-refractivity contribution < 1.29 is 9.47 Å². The van der Waals surface area contributed by atoms with E-state index in [0.717, 1.165) is 51.4 Å². The van der Waals surface area contributed by atoms with Crippen LogP contribution in [0.15, 0.2) is 30.5 Å². The second-order valence-corrected chi connectivity index (χ2v) is 7.08. The highest BCUT2D eigenvalue weighted by Gasteiger charge is 2.16. The van der Waals surface area contributed by atoms with Crippen molar-refractivity contribution in [3.8, 4) is 0 Å². The highest BCUT2D eigenvalue weighted by Crippen LogP contribution is 2.24. The summed E-state index contributed by atoms with van der Waals surface area (Å²) in [4.78, 5) is 11.1. The summed E-state index contributed by atoms with van der Waals surface area (Å²) in [5.74, 6) is 1.13. The van der Waals surface area contributed by atoms with Gasteiger partial charge < -0.3 is 25.0 Å². The topological polar surface area (TPSA) is 71.5 Å². The molecule has 1 aromatic carbocycles. The van der Waals surface area contributed by atoms with Crippen LogP contribution in [0.1, 0.15) is 12.8 Å². The molecule has 0 amide bonds. The Labute approximate surface area is 164 Å². The second kappa shape index (κ2) is 8.73. The summed E-state index contributed by atoms with van der Waals surface area (Å²) in [7, 11) is 0. The largest absolute Gasteiger partial charge is 0.378 e. The van der Waals surface area contributed by atoms with Crippen LogP contribution in [-0.4, -0.2) is 55.5 Å². The summed E-state index contributed by atoms with van der Waals surface area (Å²) in [5, 5.41) is 7.00. The Bertz CT molecular complexity index is 746. The van der Waals surface area contributed by atoms with E-state index in [4.69, 9.17) is 21.1 Å². The average molecular weight is 390 g/mol. The van der Waals surface area contributed by atoms with E-state index in [2.05, 4.69) is 37.6 Å². The Hall–Kier alpha value is -2.09. The normalized spacial score (nSPS) is 19.9. The number of anilines is 4. The van der Waals surface area contributed by atoms with Crippen molar-refractivity contribution in [1.29, 1.82) is 0 Å². The molecule has 27 heavy (non-hydrogen) atoms. The fourth-order valence-electron chi connectivity index (χ4n) is 3.27. The molecule has 8 heteroatoms. The van der Waals surface area contributed by atoms with Gasteiger partial charge in [0.05, 0.1) is 25.5 Å². The molecule has 2 aliphatic rings. The number of benzene rings is 1. The number of morpholine rings is 1. The molecular formula is C19H24ClN5O2. The molecule has 2 fully saturated rings. The zero-order valence-electron chi connectivity index (χ0n) is 15.2. The number of nitrogens with zero attached hydrogens (tertiary/aromatic N) is 3. The van der Waals surface area contributed by atoms with Gasteiger partial charge in [-0.2, -0.15) is 4.98 Å². The summed E-state index contributed by atoms with van der Waals surface area (Å²) in [6, 6.07) is 8.25. The second-order valence-electron chi connectivity index (χ2n) is 6.68. The molecular weight excluding hydrogens is 366 g/mol. The Balaban J connectivity index is 1.38. The molecule has 2 N–H and O–H groups in total. The average Bonchev–Trinajstić information content (AvgIpc) is 3.23. The van der Waals surface area contributed by atoms with E-state index in [1.54, 1.807) is 6.20 Å². The smallest absolute Gasteiger partial charge is 0.229 e. The van der Waals surface area contributed by atoms with Crippen molar-refractivity contribution in [2.45, 2.75) is 18.9 Å². The lowest BCUT2D eigenvalue weighted by Gasteiger charge is -2.28. The van der Waals surface area contributed by atoms with Crippen LogP contribution < -0.4 is 15.5 Å². The highest BCUT2D eigenvalue weighted by atomic mass is 35.5. The number of ether oxygens (including phenoxy) is 2. The maximum Gasteiger partial charge on any atom is 0.229 e. The fraction of sp³-hybridized carbons (Fsp3) is 0.474. The first kappa shape index (κ1) is 18.3. The molecule has 3 heterocycles. The minimum atomic E-state index is 0.222. The first-order chi connectivity index (χ1) is 13.3. The summed E-state index contributed by atoms with van der Waals surface area (Å²) >= 11 is 6.22. The number of hydrogen-bond donors (Lipinski definition) is 2. The maximum absolute atomic E-state index is 6.22. The van der Waals surface area contributed by atoms with Gasteiger partial charge in [0.1, 0.15) is 5.02 Å². The molecule has 0 bridgehead atoms. The summed E-state index contributed by atoms with van der Waals surface area (Å²) in [5.41, 5.74) is 2.12. The predicted molar refractivity (Wildman–Crippen MR) is 107 cm³/mol. The van der Waals surface area contributed by atoms with Crippen LogP contribution in [0.4, 0.5) is 23.1 Å². The first-order valence-electron chi connectivity index (χ1n) is 9.36. The predicted octanol–water partition coefficient (Wildman–Crippen LogP) is 3.30. The van der Waals surface area contributed by atoms with Gasteiger partial charge in [-0.3, -0.25) is 0 Å². The molecule has 1 unspecified atom stereocenters. The van der Waals surface area contributed by atoms with Crippen molar-refractivity contribution in [1.82, 2.24) is 9.97 Å². The summed E-state index contributed by atoms with van der Waals surface area (Å²) in [6.45, 7) is 4.93. The molecule has 2 aliphatic heterocycles. The number of hydrogen-bond acceptors (Lipinski definition) is 7. The van der Waals surface area contributed by atoms with E-state index in [-0.39, 0.29) is 6.10 Å². The molecule has 1 atom stereocenters. The maximum atomic E-state index is 6.22. The molecule has 144 valence electrons. The highest BCUT2D eigenvalue weighted by molar-refractivity contribution is 6.32. The van der Waals surface area contributed by atoms with Gasteiger partial charge in [0.15, 0.2) is 5.82 Å². The quantitative estimate of drug-likeness (QED) is 0.785. The van der Waals surface area contributed by atoms with Crippen molar-refractivity contribution in [2.75, 3.05) is 55.0 Å². The molecule has 2 aromatic rings. The zero-order valence-corrected chi connectivity index (χ0v) is 15.9. The SMILES string of the molecule is Clc1cnc(Nc2ccc(N3CCOCC3)cc2)nc1NCC1CCCO1. The molecule has 1 aromatic heterocycles. The molecule has 0 radical (unpaired) electrons. The van der Waals surface area contributed by atoms with Crippen LogP contribution in [0.25, 0.3) is 0 Å². The summed E-state index contributed by atoms with van der Waals surface area (Å²) in [6.07, 6.45) is 4.00. The minimum absolute atomic E-state index is 0.222. The van der Waals surface area contributed by atoms with E-state index in [1.165, 1.54) is 5.69 Å². The van der Waals surface area contributed by atoms with Crippen molar-refractivity contribution in [3.63, 3.8) is 0 Å². The Kier molecular flexibility index (Phi) is 5.91. The van der Waals surface area contributed by atoms with E-state index in [0.29, 0.717) is 23.3 Å². The lowest BCUT2D eigenvalue weighted by atomic mass is 10.2. The monoisotopic (exact) mass is 389 g/mol. The third kappa shape index (κ3) is 4.80. The first-order valence-corrected chi connectivity index (χ1v) is 9.73. The molecule has 0 saturated carbocycles. The van der Waals surface area contributed by atoms with Gasteiger partial charge in [-0.1, -0.05) is 11.6 Å². The Morgan fingerprint density at radius 1 is 1.15 bits per heavy atom. The minimum Gasteiger partial charge on any atom is -0.378 e. The lowest BCUT2D eigenvalue weighted by molar-refractivity contribution is 0.120. The van der Waals surface area contributed by atoms with Crippen LogP contribution in [0.5, 0.6) is 0 Å². The molecule has 2 saturated heterocycles. The van der Waals surface area contributed by atoms with E-state index < -0.39 is 0 Å². The van der Waals surface area contributed by atoms with E-state index >= 15 is 0 Å². The number of nitrogens with one attached hydrogen (secondary N) is 2. The third-order valence-electron chi connectivity index (χ3n) is 4.76. The zero-order chi connectivity index (χ0) is 18.5. The van der Waals surface area contributed by atoms with Gasteiger partial charge in [-0.15, -0.1) is 0 Å². The summed E-state index contributed by atoms with van der Waals surface area (Å²) < 4.78 is 11.0. The standard InChI is InChI=1S/C19H24ClN5O2/c20-17-13-22-19(24-18(17)21-12-16-2-1-9-27-16)23-14-3-5-15(6-4-14)25-7-10-26-11-8-25/h3-6,13,16H,1-2,7-12H2,(H2,21,22,23,24). The number of aromatic nitrogens is 2. The Morgan fingerprint density at radius 3 is 2.70 bits per heavy atom. The third-order valence-corrected chi connectivity index (χ3v) is 5.04. The fourth-order valence-corrected chi connectivity index (χ4v) is 3.43. The van der Waals surface area contributed by atoms with Crippen LogP contribution in [-0.2, 0) is 9.47 Å². The number of halogens is 1. The lowest BCUT2D eigenvalue weighted by Crippen LogP contribution is -2.36. The number of rotatable bonds is 6. The van der Waals surface area contributed by atoms with Gasteiger partial charge in [-0.05, 0) is 37.1 Å². The van der Waals surface area contributed by atoms with Gasteiger partial charge >= 0.3 is 0 Å². The van der Waals surface area contributed by atoms with Crippen molar-refractivity contribution >= 4 is 34.7 Å². The van der Waals surface area contributed by atoms with Gasteiger partial charge in [0.25, 0.3) is 0 Å². The van der Waals surface area contributed by atoms with Crippen LogP contribution in [0.2, 0.25) is 5.02 Å². The molecule has 4 rings (SSSR count). The van der Waals surface area contributed by atoms with E-state index in [1.807, 2.05) is 12.1 Å². The molecule has 7 nitrogen and oxygen atoms in total. The Morgan fingerprint density at radius 2 is 1.96 bits per heavy atom.